The second-order valence-corrected chi connectivity index (χ2v) is 7.34. The van der Waals surface area contributed by atoms with E-state index in [9.17, 15) is 4.79 Å². The van der Waals surface area contributed by atoms with E-state index < -0.39 is 0 Å². The van der Waals surface area contributed by atoms with Gasteiger partial charge in [-0.25, -0.2) is 4.79 Å². The van der Waals surface area contributed by atoms with Gasteiger partial charge in [0.1, 0.15) is 0 Å². The number of aryl methyl sites for hydroxylation is 1. The zero-order chi connectivity index (χ0) is 18.9. The van der Waals surface area contributed by atoms with E-state index >= 15 is 0 Å². The van der Waals surface area contributed by atoms with E-state index in [1.54, 1.807) is 6.20 Å². The zero-order valence-corrected chi connectivity index (χ0v) is 16.2. The molecule has 0 aliphatic carbocycles. The van der Waals surface area contributed by atoms with Crippen LogP contribution in [0, 0.1) is 0 Å². The first kappa shape index (κ1) is 19.4. The molecule has 2 heterocycles. The van der Waals surface area contributed by atoms with Crippen molar-refractivity contribution in [2.24, 2.45) is 0 Å². The lowest BCUT2D eigenvalue weighted by Crippen LogP contribution is -2.50. The Hall–Kier alpha value is -2.40. The highest BCUT2D eigenvalue weighted by molar-refractivity contribution is 5.74. The van der Waals surface area contributed by atoms with Crippen molar-refractivity contribution in [1.29, 1.82) is 0 Å². The molecular weight excluding hydrogens is 336 g/mol. The van der Waals surface area contributed by atoms with Crippen molar-refractivity contribution in [3.63, 3.8) is 0 Å². The number of nitrogens with zero attached hydrogens (tertiary/aromatic N) is 3. The summed E-state index contributed by atoms with van der Waals surface area (Å²) >= 11 is 0. The van der Waals surface area contributed by atoms with Crippen LogP contribution in [0.25, 0.3) is 0 Å². The Balaban J connectivity index is 1.54. The lowest BCUT2D eigenvalue weighted by atomic mass is 10.0. The summed E-state index contributed by atoms with van der Waals surface area (Å²) in [5.41, 5.74) is 2.39. The minimum atomic E-state index is 0.0430. The van der Waals surface area contributed by atoms with Gasteiger partial charge in [0.05, 0.1) is 0 Å². The first-order valence-electron chi connectivity index (χ1n) is 9.88. The van der Waals surface area contributed by atoms with Gasteiger partial charge in [-0.15, -0.1) is 0 Å². The highest BCUT2D eigenvalue weighted by Crippen LogP contribution is 2.18. The summed E-state index contributed by atoms with van der Waals surface area (Å²) in [6, 6.07) is 14.7. The molecular formula is C22H30N4O. The summed E-state index contributed by atoms with van der Waals surface area (Å²) in [7, 11) is 2.14. The quantitative estimate of drug-likeness (QED) is 0.765. The fraction of sp³-hybridized carbons (Fsp3) is 0.455. The molecule has 0 radical (unpaired) electrons. The molecule has 0 spiro atoms. The molecule has 5 heteroatoms. The molecule has 1 N–H and O–H groups in total. The van der Waals surface area contributed by atoms with Crippen molar-refractivity contribution in [2.75, 3.05) is 26.7 Å². The molecule has 1 aliphatic heterocycles. The van der Waals surface area contributed by atoms with Gasteiger partial charge in [0.15, 0.2) is 0 Å². The minimum Gasteiger partial charge on any atom is -0.338 e. The van der Waals surface area contributed by atoms with Crippen LogP contribution in [0.4, 0.5) is 4.79 Å². The molecule has 5 nitrogen and oxygen atoms in total. The van der Waals surface area contributed by atoms with E-state index in [1.165, 1.54) is 5.56 Å². The number of benzene rings is 1. The lowest BCUT2D eigenvalue weighted by molar-refractivity contribution is 0.127. The second kappa shape index (κ2) is 10.1. The van der Waals surface area contributed by atoms with Gasteiger partial charge in [-0.1, -0.05) is 36.4 Å². The highest BCUT2D eigenvalue weighted by Gasteiger charge is 2.26. The molecule has 1 aliphatic rings. The average Bonchev–Trinajstić information content (AvgIpc) is 2.72. The molecule has 27 heavy (non-hydrogen) atoms. The number of aromatic nitrogens is 1. The number of likely N-dealkylation sites (tertiary alicyclic amines) is 1. The summed E-state index contributed by atoms with van der Waals surface area (Å²) in [5, 5.41) is 3.13. The molecule has 0 unspecified atom stereocenters. The van der Waals surface area contributed by atoms with Gasteiger partial charge in [0.2, 0.25) is 0 Å². The van der Waals surface area contributed by atoms with Crippen molar-refractivity contribution in [2.45, 2.75) is 38.3 Å². The van der Waals surface area contributed by atoms with Gasteiger partial charge >= 0.3 is 6.03 Å². The number of urea groups is 1. The van der Waals surface area contributed by atoms with Crippen LogP contribution >= 0.6 is 0 Å². The van der Waals surface area contributed by atoms with Crippen LogP contribution in [0.15, 0.2) is 54.9 Å². The number of carbonyl (C=O) groups excluding carboxylic acids is 1. The fourth-order valence-electron chi connectivity index (χ4n) is 3.60. The van der Waals surface area contributed by atoms with E-state index in [0.29, 0.717) is 13.1 Å². The van der Waals surface area contributed by atoms with Crippen LogP contribution in [-0.2, 0) is 13.0 Å². The number of carbonyl (C=O) groups is 1. The molecule has 1 aromatic carbocycles. The predicted octanol–water partition coefficient (Wildman–Crippen LogP) is 3.32. The predicted molar refractivity (Wildman–Crippen MR) is 108 cm³/mol. The first-order chi connectivity index (χ1) is 13.2. The summed E-state index contributed by atoms with van der Waals surface area (Å²) in [5.74, 6) is 0. The second-order valence-electron chi connectivity index (χ2n) is 7.34. The maximum absolute atomic E-state index is 12.9. The minimum absolute atomic E-state index is 0.0430. The lowest BCUT2D eigenvalue weighted by Gasteiger charge is -2.37. The third-order valence-corrected chi connectivity index (χ3v) is 5.23. The van der Waals surface area contributed by atoms with Crippen LogP contribution in [-0.4, -0.2) is 53.5 Å². The van der Waals surface area contributed by atoms with Crippen molar-refractivity contribution in [3.05, 3.63) is 66.0 Å². The van der Waals surface area contributed by atoms with E-state index in [0.717, 1.165) is 44.3 Å². The SMILES string of the molecule is CN1CCC(N(Cc2cccnc2)C(=O)NCCCc2ccccc2)CC1. The number of piperidine rings is 1. The Labute approximate surface area is 162 Å². The van der Waals surface area contributed by atoms with Crippen molar-refractivity contribution >= 4 is 6.03 Å². The number of hydrogen-bond donors (Lipinski definition) is 1. The number of rotatable bonds is 7. The Morgan fingerprint density at radius 3 is 2.59 bits per heavy atom. The van der Waals surface area contributed by atoms with Crippen molar-refractivity contribution in [3.8, 4) is 0 Å². The van der Waals surface area contributed by atoms with Gasteiger partial charge in [-0.2, -0.15) is 0 Å². The van der Waals surface area contributed by atoms with Crippen LogP contribution in [0.2, 0.25) is 0 Å². The Bertz CT molecular complexity index is 684. The molecule has 1 aromatic heterocycles. The van der Waals surface area contributed by atoms with E-state index in [4.69, 9.17) is 0 Å². The molecule has 2 aromatic rings. The topological polar surface area (TPSA) is 48.5 Å². The largest absolute Gasteiger partial charge is 0.338 e. The number of hydrogen-bond acceptors (Lipinski definition) is 3. The van der Waals surface area contributed by atoms with E-state index in [1.807, 2.05) is 29.3 Å². The normalized spacial score (nSPS) is 15.4. The first-order valence-corrected chi connectivity index (χ1v) is 9.88. The highest BCUT2D eigenvalue weighted by atomic mass is 16.2. The zero-order valence-electron chi connectivity index (χ0n) is 16.2. The monoisotopic (exact) mass is 366 g/mol. The van der Waals surface area contributed by atoms with Gasteiger partial charge < -0.3 is 15.1 Å². The van der Waals surface area contributed by atoms with Crippen LogP contribution < -0.4 is 5.32 Å². The molecule has 0 atom stereocenters. The van der Waals surface area contributed by atoms with Gasteiger partial charge in [-0.05, 0) is 63.0 Å². The van der Waals surface area contributed by atoms with Gasteiger partial charge in [0, 0.05) is 31.5 Å². The third kappa shape index (κ3) is 6.07. The smallest absolute Gasteiger partial charge is 0.317 e. The number of amides is 2. The maximum Gasteiger partial charge on any atom is 0.317 e. The standard InChI is InChI=1S/C22H30N4O/c1-25-15-11-21(12-16-25)26(18-20-10-5-13-23-17-20)22(27)24-14-6-9-19-7-3-2-4-8-19/h2-5,7-8,10,13,17,21H,6,9,11-12,14-16,18H2,1H3,(H,24,27). The van der Waals surface area contributed by atoms with Gasteiger partial charge in [0.25, 0.3) is 0 Å². The van der Waals surface area contributed by atoms with Crippen LogP contribution in [0.5, 0.6) is 0 Å². The summed E-state index contributed by atoms with van der Waals surface area (Å²) in [4.78, 5) is 21.5. The Kier molecular flexibility index (Phi) is 7.22. The van der Waals surface area contributed by atoms with E-state index in [2.05, 4.69) is 46.5 Å². The fourth-order valence-corrected chi connectivity index (χ4v) is 3.60. The van der Waals surface area contributed by atoms with Crippen molar-refractivity contribution < 1.29 is 4.79 Å². The van der Waals surface area contributed by atoms with Crippen LogP contribution in [0.1, 0.15) is 30.4 Å². The average molecular weight is 367 g/mol. The third-order valence-electron chi connectivity index (χ3n) is 5.23. The maximum atomic E-state index is 12.9. The molecule has 1 saturated heterocycles. The summed E-state index contributed by atoms with van der Waals surface area (Å²) in [6.45, 7) is 3.39. The van der Waals surface area contributed by atoms with Crippen molar-refractivity contribution in [1.82, 2.24) is 20.1 Å². The van der Waals surface area contributed by atoms with Crippen LogP contribution in [0.3, 0.4) is 0 Å². The summed E-state index contributed by atoms with van der Waals surface area (Å²) < 4.78 is 0. The molecule has 1 fully saturated rings. The van der Waals surface area contributed by atoms with Gasteiger partial charge in [-0.3, -0.25) is 4.98 Å². The summed E-state index contributed by atoms with van der Waals surface area (Å²) in [6.07, 6.45) is 7.60. The molecule has 144 valence electrons. The molecule has 0 saturated carbocycles. The molecule has 0 bridgehead atoms. The molecule has 3 rings (SSSR count). The molecule has 2 amide bonds. The Morgan fingerprint density at radius 1 is 1.15 bits per heavy atom. The number of pyridine rings is 1. The van der Waals surface area contributed by atoms with E-state index in [-0.39, 0.29) is 12.1 Å². The number of nitrogens with one attached hydrogen (secondary N) is 1. The Morgan fingerprint density at radius 2 is 1.89 bits per heavy atom.